The molecule has 0 fully saturated rings. The van der Waals surface area contributed by atoms with Crippen molar-refractivity contribution in [3.8, 4) is 0 Å². The summed E-state index contributed by atoms with van der Waals surface area (Å²) in [5.41, 5.74) is 0. The van der Waals surface area contributed by atoms with Crippen LogP contribution in [-0.4, -0.2) is 23.4 Å². The largest absolute Gasteiger partial charge is 0.397 e. The molecule has 0 spiro atoms. The van der Waals surface area contributed by atoms with Crippen LogP contribution in [-0.2, 0) is 0 Å². The summed E-state index contributed by atoms with van der Waals surface area (Å²) in [6.07, 6.45) is 3.49. The molecule has 0 aliphatic rings. The van der Waals surface area contributed by atoms with Gasteiger partial charge >= 0.3 is 0 Å². The topological polar surface area (TPSA) is 40.5 Å². The summed E-state index contributed by atoms with van der Waals surface area (Å²) in [4.78, 5) is 0. The van der Waals surface area contributed by atoms with E-state index in [9.17, 15) is 0 Å². The van der Waals surface area contributed by atoms with Gasteiger partial charge in [0.2, 0.25) is 0 Å². The molecule has 2 nitrogen and oxygen atoms in total. The van der Waals surface area contributed by atoms with Crippen molar-refractivity contribution in [2.75, 3.05) is 13.2 Å². The number of hydrogen-bond acceptors (Lipinski definition) is 2. The van der Waals surface area contributed by atoms with Crippen LogP contribution in [0, 0.1) is 0 Å². The SMILES string of the molecule is CC=CCO.[3H]CCO. The van der Waals surface area contributed by atoms with Gasteiger partial charge in [-0.1, -0.05) is 12.2 Å². The molecule has 0 heterocycles. The third-order valence-electron chi connectivity index (χ3n) is 0.341. The molecule has 0 saturated carbocycles. The van der Waals surface area contributed by atoms with Gasteiger partial charge in [-0.05, 0) is 13.8 Å². The molecule has 0 saturated heterocycles. The van der Waals surface area contributed by atoms with Crippen LogP contribution < -0.4 is 0 Å². The molecule has 0 radical (unpaired) electrons. The first-order chi connectivity index (χ1) is 4.33. The Morgan fingerprint density at radius 1 is 1.62 bits per heavy atom. The van der Waals surface area contributed by atoms with Gasteiger partial charge in [-0.3, -0.25) is 0 Å². The quantitative estimate of drug-likeness (QED) is 0.496. The summed E-state index contributed by atoms with van der Waals surface area (Å²) < 4.78 is 6.20. The molecule has 0 bridgehead atoms. The number of aliphatic hydroxyl groups excluding tert-OH is 2. The van der Waals surface area contributed by atoms with Gasteiger partial charge in [0, 0.05) is 7.98 Å². The fourth-order valence-corrected chi connectivity index (χ4v) is 0.105. The van der Waals surface area contributed by atoms with Gasteiger partial charge in [0.05, 0.1) is 6.61 Å². The van der Waals surface area contributed by atoms with Crippen molar-refractivity contribution in [1.29, 1.82) is 0 Å². The van der Waals surface area contributed by atoms with Gasteiger partial charge in [-0.15, -0.1) is 0 Å². The molecule has 0 aliphatic heterocycles. The highest BCUT2D eigenvalue weighted by Crippen LogP contribution is 1.60. The highest BCUT2D eigenvalue weighted by Gasteiger charge is 1.52. The molecule has 0 aromatic carbocycles. The Labute approximate surface area is 51.9 Å². The van der Waals surface area contributed by atoms with Crippen LogP contribution in [0.25, 0.3) is 0 Å². The molecule has 0 unspecified atom stereocenters. The summed E-state index contributed by atoms with van der Waals surface area (Å²) in [6.45, 7) is 2.15. The molecular formula is C6H14O2. The van der Waals surface area contributed by atoms with Gasteiger partial charge in [0.15, 0.2) is 0 Å². The molecule has 2 heteroatoms. The Morgan fingerprint density at radius 3 is 2.12 bits per heavy atom. The van der Waals surface area contributed by atoms with E-state index in [2.05, 4.69) is 0 Å². The van der Waals surface area contributed by atoms with Crippen molar-refractivity contribution in [1.82, 2.24) is 0 Å². The Bertz CT molecular complexity index is 53.0. The van der Waals surface area contributed by atoms with E-state index in [1.807, 2.05) is 6.92 Å². The molecular weight excluding hydrogens is 104 g/mol. The van der Waals surface area contributed by atoms with Crippen LogP contribution in [0.3, 0.4) is 0 Å². The fourth-order valence-electron chi connectivity index (χ4n) is 0.105. The number of rotatable bonds is 1. The first-order valence-electron chi connectivity index (χ1n) is 3.16. The third kappa shape index (κ3) is 44.6. The third-order valence-corrected chi connectivity index (χ3v) is 0.341. The molecule has 0 aromatic rings. The molecule has 0 rings (SSSR count). The molecule has 50 valence electrons. The van der Waals surface area contributed by atoms with Crippen LogP contribution in [0.15, 0.2) is 12.2 Å². The Balaban J connectivity index is 0. The van der Waals surface area contributed by atoms with Crippen molar-refractivity contribution in [2.45, 2.75) is 13.8 Å². The molecule has 8 heavy (non-hydrogen) atoms. The van der Waals surface area contributed by atoms with Crippen LogP contribution in [0.1, 0.15) is 15.2 Å². The maximum absolute atomic E-state index is 7.98. The monoisotopic (exact) mass is 120 g/mol. The van der Waals surface area contributed by atoms with Crippen LogP contribution in [0.4, 0.5) is 0 Å². The molecule has 0 aliphatic carbocycles. The Hall–Kier alpha value is -0.340. The Kier molecular flexibility index (Phi) is 15.3. The number of aliphatic hydroxyl groups is 2. The smallest absolute Gasteiger partial charge is 0.0612 e. The second kappa shape index (κ2) is 15.9. The van der Waals surface area contributed by atoms with Crippen LogP contribution >= 0.6 is 0 Å². The number of allylic oxidation sites excluding steroid dienone is 1. The van der Waals surface area contributed by atoms with Crippen molar-refractivity contribution in [3.05, 3.63) is 12.2 Å². The van der Waals surface area contributed by atoms with E-state index in [4.69, 9.17) is 11.6 Å². The van der Waals surface area contributed by atoms with Gasteiger partial charge in [-0.25, -0.2) is 0 Å². The lowest BCUT2D eigenvalue weighted by Gasteiger charge is -1.66. The Morgan fingerprint density at radius 2 is 2.12 bits per heavy atom. The standard InChI is InChI=1S/C4H8O.C2H6O/c1-2-3-4-5;1-2-3/h2-3,5H,4H2,1H3;3H,2H2,1H3/i;1T. The van der Waals surface area contributed by atoms with Gasteiger partial charge in [0.1, 0.15) is 0 Å². The van der Waals surface area contributed by atoms with Gasteiger partial charge < -0.3 is 10.2 Å². The highest BCUT2D eigenvalue weighted by atomic mass is 16.3. The van der Waals surface area contributed by atoms with Crippen LogP contribution in [0.2, 0.25) is 0 Å². The zero-order valence-corrected chi connectivity index (χ0v) is 5.17. The van der Waals surface area contributed by atoms with E-state index >= 15 is 0 Å². The minimum Gasteiger partial charge on any atom is -0.397 e. The molecule has 0 aromatic heterocycles. The lowest BCUT2D eigenvalue weighted by Crippen LogP contribution is -1.65. The fraction of sp³-hybridized carbons (Fsp3) is 0.667. The van der Waals surface area contributed by atoms with E-state index < -0.39 is 0 Å². The first-order valence-corrected chi connectivity index (χ1v) is 2.45. The van der Waals surface area contributed by atoms with Crippen molar-refractivity contribution >= 4 is 0 Å². The minimum absolute atomic E-state index is 0.0139. The maximum Gasteiger partial charge on any atom is 0.0612 e. The second-order valence-corrected chi connectivity index (χ2v) is 0.975. The zero-order valence-electron chi connectivity index (χ0n) is 6.17. The zero-order chi connectivity index (χ0) is 7.54. The predicted octanol–water partition coefficient (Wildman–Crippen LogP) is 0.553. The van der Waals surface area contributed by atoms with E-state index in [0.717, 1.165) is 0 Å². The summed E-state index contributed by atoms with van der Waals surface area (Å²) in [7, 11) is 0. The summed E-state index contributed by atoms with van der Waals surface area (Å²) in [5, 5.41) is 15.7. The summed E-state index contributed by atoms with van der Waals surface area (Å²) >= 11 is 0. The van der Waals surface area contributed by atoms with Crippen molar-refractivity contribution in [3.63, 3.8) is 0 Å². The van der Waals surface area contributed by atoms with Crippen molar-refractivity contribution < 1.29 is 11.6 Å². The molecule has 0 amide bonds. The van der Waals surface area contributed by atoms with Gasteiger partial charge in [-0.2, -0.15) is 0 Å². The summed E-state index contributed by atoms with van der Waals surface area (Å²) in [5.74, 6) is 0. The average molecular weight is 120 g/mol. The minimum atomic E-state index is -0.0139. The number of hydrogen-bond donors (Lipinski definition) is 2. The lowest BCUT2D eigenvalue weighted by molar-refractivity contribution is 0.318. The second-order valence-electron chi connectivity index (χ2n) is 0.975. The normalized spacial score (nSPS) is 10.1. The maximum atomic E-state index is 7.98. The van der Waals surface area contributed by atoms with E-state index in [-0.39, 0.29) is 20.1 Å². The molecule has 0 atom stereocenters. The first kappa shape index (κ1) is 7.66. The van der Waals surface area contributed by atoms with Crippen LogP contribution in [0.5, 0.6) is 0 Å². The van der Waals surface area contributed by atoms with Crippen molar-refractivity contribution in [2.24, 2.45) is 0 Å². The highest BCUT2D eigenvalue weighted by molar-refractivity contribution is 4.74. The predicted molar refractivity (Wildman–Crippen MR) is 34.7 cm³/mol. The summed E-state index contributed by atoms with van der Waals surface area (Å²) in [6, 6.07) is 0. The average Bonchev–Trinajstić information content (AvgIpc) is 1.91. The van der Waals surface area contributed by atoms with E-state index in [1.165, 1.54) is 0 Å². The molecule has 2 N–H and O–H groups in total. The van der Waals surface area contributed by atoms with E-state index in [1.54, 1.807) is 12.2 Å². The van der Waals surface area contributed by atoms with Gasteiger partial charge in [0.25, 0.3) is 0 Å². The van der Waals surface area contributed by atoms with E-state index in [0.29, 0.717) is 0 Å². The lowest BCUT2D eigenvalue weighted by atomic mass is 10.6.